The van der Waals surface area contributed by atoms with Gasteiger partial charge in [0, 0.05) is 0 Å². The van der Waals surface area contributed by atoms with Crippen molar-refractivity contribution < 1.29 is 4.74 Å². The number of nitrogens with zero attached hydrogens (tertiary/aromatic N) is 2. The third-order valence-electron chi connectivity index (χ3n) is 2.57. The van der Waals surface area contributed by atoms with Crippen LogP contribution in [0.2, 0.25) is 5.02 Å². The lowest BCUT2D eigenvalue weighted by Crippen LogP contribution is -2.11. The van der Waals surface area contributed by atoms with E-state index < -0.39 is 0 Å². The number of rotatable bonds is 4. The van der Waals surface area contributed by atoms with Crippen LogP contribution < -0.4 is 15.8 Å². The van der Waals surface area contributed by atoms with Gasteiger partial charge in [0.05, 0.1) is 16.8 Å². The van der Waals surface area contributed by atoms with E-state index in [9.17, 15) is 0 Å². The van der Waals surface area contributed by atoms with Crippen molar-refractivity contribution in [3.8, 4) is 5.88 Å². The minimum atomic E-state index is -0.0115. The molecular weight excluding hydrogens is 276 g/mol. The van der Waals surface area contributed by atoms with Gasteiger partial charge in [0.1, 0.15) is 12.0 Å². The molecule has 0 unspecified atom stereocenters. The van der Waals surface area contributed by atoms with E-state index in [0.29, 0.717) is 22.4 Å². The highest BCUT2D eigenvalue weighted by molar-refractivity contribution is 6.33. The fraction of sp³-hybridized carbons (Fsp3) is 0.286. The van der Waals surface area contributed by atoms with Gasteiger partial charge in [-0.3, -0.25) is 0 Å². The molecular formula is C14H17ClN4O. The Morgan fingerprint density at radius 2 is 2.05 bits per heavy atom. The average Bonchev–Trinajstić information content (AvgIpc) is 2.38. The van der Waals surface area contributed by atoms with E-state index >= 15 is 0 Å². The van der Waals surface area contributed by atoms with E-state index in [1.807, 2.05) is 39.0 Å². The van der Waals surface area contributed by atoms with Crippen LogP contribution in [0, 0.1) is 6.92 Å². The average molecular weight is 293 g/mol. The fourth-order valence-electron chi connectivity index (χ4n) is 1.66. The van der Waals surface area contributed by atoms with Crippen LogP contribution in [0.5, 0.6) is 5.88 Å². The molecule has 0 atom stereocenters. The van der Waals surface area contributed by atoms with Crippen LogP contribution in [0.25, 0.3) is 0 Å². The molecule has 0 aliphatic carbocycles. The van der Waals surface area contributed by atoms with Crippen LogP contribution in [0.3, 0.4) is 0 Å². The van der Waals surface area contributed by atoms with Crippen molar-refractivity contribution in [1.82, 2.24) is 9.97 Å². The quantitative estimate of drug-likeness (QED) is 0.901. The van der Waals surface area contributed by atoms with Crippen molar-refractivity contribution >= 4 is 28.8 Å². The molecule has 0 spiro atoms. The number of hydrogen-bond donors (Lipinski definition) is 2. The first-order valence-electron chi connectivity index (χ1n) is 6.27. The Balaban J connectivity index is 2.32. The van der Waals surface area contributed by atoms with E-state index in [4.69, 9.17) is 22.1 Å². The van der Waals surface area contributed by atoms with Crippen LogP contribution in [-0.4, -0.2) is 16.1 Å². The van der Waals surface area contributed by atoms with Crippen LogP contribution in [-0.2, 0) is 0 Å². The standard InChI is InChI=1S/C14H17ClN4O/c1-8(2)20-14-12(16)13(17-7-18-14)19-11-6-9(3)4-5-10(11)15/h4-8H,16H2,1-3H3,(H,17,18,19). The lowest BCUT2D eigenvalue weighted by atomic mass is 10.2. The van der Waals surface area contributed by atoms with Gasteiger partial charge in [0.2, 0.25) is 5.88 Å². The summed E-state index contributed by atoms with van der Waals surface area (Å²) in [6.07, 6.45) is 1.39. The van der Waals surface area contributed by atoms with Gasteiger partial charge < -0.3 is 15.8 Å². The maximum Gasteiger partial charge on any atom is 0.242 e. The molecule has 1 aromatic heterocycles. The Labute approximate surface area is 123 Å². The number of nitrogens with one attached hydrogen (secondary N) is 1. The van der Waals surface area contributed by atoms with E-state index in [0.717, 1.165) is 11.3 Å². The van der Waals surface area contributed by atoms with Crippen LogP contribution >= 0.6 is 11.6 Å². The Hall–Kier alpha value is -2.01. The highest BCUT2D eigenvalue weighted by atomic mass is 35.5. The van der Waals surface area contributed by atoms with E-state index in [1.165, 1.54) is 6.33 Å². The third kappa shape index (κ3) is 3.30. The first-order chi connectivity index (χ1) is 9.47. The van der Waals surface area contributed by atoms with Crippen LogP contribution in [0.1, 0.15) is 19.4 Å². The summed E-state index contributed by atoms with van der Waals surface area (Å²) in [5.41, 5.74) is 8.20. The van der Waals surface area contributed by atoms with Crippen molar-refractivity contribution in [2.24, 2.45) is 0 Å². The monoisotopic (exact) mass is 292 g/mol. The maximum atomic E-state index is 6.14. The molecule has 106 valence electrons. The number of aromatic nitrogens is 2. The van der Waals surface area contributed by atoms with Gasteiger partial charge in [-0.15, -0.1) is 0 Å². The molecule has 5 nitrogen and oxygen atoms in total. The van der Waals surface area contributed by atoms with Crippen molar-refractivity contribution in [3.05, 3.63) is 35.1 Å². The molecule has 6 heteroatoms. The fourth-order valence-corrected chi connectivity index (χ4v) is 1.82. The Kier molecular flexibility index (Phi) is 4.29. The molecule has 20 heavy (non-hydrogen) atoms. The molecule has 3 N–H and O–H groups in total. The number of anilines is 3. The molecule has 1 heterocycles. The largest absolute Gasteiger partial charge is 0.473 e. The highest BCUT2D eigenvalue weighted by Gasteiger charge is 2.12. The topological polar surface area (TPSA) is 73.1 Å². The zero-order chi connectivity index (χ0) is 14.7. The minimum absolute atomic E-state index is 0.0115. The molecule has 0 radical (unpaired) electrons. The summed E-state index contributed by atoms with van der Waals surface area (Å²) < 4.78 is 5.53. The zero-order valence-electron chi connectivity index (χ0n) is 11.6. The number of ether oxygens (including phenoxy) is 1. The second-order valence-electron chi connectivity index (χ2n) is 4.72. The summed E-state index contributed by atoms with van der Waals surface area (Å²) >= 11 is 6.14. The molecule has 0 saturated carbocycles. The predicted octanol–water partition coefficient (Wildman–Crippen LogP) is 3.55. The maximum absolute atomic E-state index is 6.14. The Morgan fingerprint density at radius 3 is 2.75 bits per heavy atom. The second-order valence-corrected chi connectivity index (χ2v) is 5.12. The Morgan fingerprint density at radius 1 is 1.30 bits per heavy atom. The minimum Gasteiger partial charge on any atom is -0.473 e. The summed E-state index contributed by atoms with van der Waals surface area (Å²) in [5, 5.41) is 3.70. The molecule has 1 aromatic carbocycles. The molecule has 0 saturated heterocycles. The summed E-state index contributed by atoms with van der Waals surface area (Å²) in [6.45, 7) is 5.80. The first kappa shape index (κ1) is 14.4. The van der Waals surface area contributed by atoms with Crippen LogP contribution in [0.4, 0.5) is 17.2 Å². The summed E-state index contributed by atoms with van der Waals surface area (Å²) in [4.78, 5) is 8.16. The van der Waals surface area contributed by atoms with Crippen molar-refractivity contribution in [1.29, 1.82) is 0 Å². The Bertz CT molecular complexity index is 616. The molecule has 0 aliphatic heterocycles. The van der Waals surface area contributed by atoms with E-state index in [2.05, 4.69) is 15.3 Å². The second kappa shape index (κ2) is 5.96. The number of nitrogens with two attached hydrogens (primary N) is 1. The smallest absolute Gasteiger partial charge is 0.242 e. The van der Waals surface area contributed by atoms with E-state index in [-0.39, 0.29) is 6.10 Å². The molecule has 0 bridgehead atoms. The molecule has 0 aliphatic rings. The molecule has 0 amide bonds. The zero-order valence-corrected chi connectivity index (χ0v) is 12.4. The van der Waals surface area contributed by atoms with Gasteiger partial charge in [0.15, 0.2) is 5.82 Å². The summed E-state index contributed by atoms with van der Waals surface area (Å²) in [6, 6.07) is 5.68. The SMILES string of the molecule is Cc1ccc(Cl)c(Nc2ncnc(OC(C)C)c2N)c1. The van der Waals surface area contributed by atoms with Gasteiger partial charge in [-0.2, -0.15) is 4.98 Å². The van der Waals surface area contributed by atoms with Gasteiger partial charge >= 0.3 is 0 Å². The van der Waals surface area contributed by atoms with Crippen molar-refractivity contribution in [2.45, 2.75) is 26.9 Å². The van der Waals surface area contributed by atoms with Gasteiger partial charge in [0.25, 0.3) is 0 Å². The predicted molar refractivity (Wildman–Crippen MR) is 81.7 cm³/mol. The summed E-state index contributed by atoms with van der Waals surface area (Å²) in [5.74, 6) is 0.837. The first-order valence-corrected chi connectivity index (χ1v) is 6.65. The number of aryl methyl sites for hydroxylation is 1. The molecule has 2 rings (SSSR count). The van der Waals surface area contributed by atoms with Crippen LogP contribution in [0.15, 0.2) is 24.5 Å². The summed E-state index contributed by atoms with van der Waals surface area (Å²) in [7, 11) is 0. The third-order valence-corrected chi connectivity index (χ3v) is 2.90. The molecule has 2 aromatic rings. The van der Waals surface area contributed by atoms with Gasteiger partial charge in [-0.05, 0) is 38.5 Å². The number of halogens is 1. The highest BCUT2D eigenvalue weighted by Crippen LogP contribution is 2.31. The normalized spacial score (nSPS) is 10.7. The molecule has 0 fully saturated rings. The van der Waals surface area contributed by atoms with Crippen molar-refractivity contribution in [2.75, 3.05) is 11.1 Å². The lowest BCUT2D eigenvalue weighted by molar-refractivity contribution is 0.234. The number of hydrogen-bond acceptors (Lipinski definition) is 5. The number of nitrogen functional groups attached to an aromatic ring is 1. The number of benzene rings is 1. The lowest BCUT2D eigenvalue weighted by Gasteiger charge is -2.14. The van der Waals surface area contributed by atoms with Gasteiger partial charge in [-0.1, -0.05) is 17.7 Å². The van der Waals surface area contributed by atoms with E-state index in [1.54, 1.807) is 0 Å². The van der Waals surface area contributed by atoms with Crippen molar-refractivity contribution in [3.63, 3.8) is 0 Å². The van der Waals surface area contributed by atoms with Gasteiger partial charge in [-0.25, -0.2) is 4.98 Å².